The van der Waals surface area contributed by atoms with Crippen molar-refractivity contribution in [2.24, 2.45) is 0 Å². The Bertz CT molecular complexity index is 410. The number of hydrogen-bond donors (Lipinski definition) is 2. The van der Waals surface area contributed by atoms with Crippen LogP contribution in [0.1, 0.15) is 57.9 Å². The molecule has 0 heterocycles. The van der Waals surface area contributed by atoms with Crippen LogP contribution in [0.15, 0.2) is 18.2 Å². The van der Waals surface area contributed by atoms with Gasteiger partial charge in [-0.2, -0.15) is 0 Å². The van der Waals surface area contributed by atoms with E-state index in [1.54, 1.807) is 0 Å². The van der Waals surface area contributed by atoms with Gasteiger partial charge in [0.1, 0.15) is 6.61 Å². The Morgan fingerprint density at radius 1 is 0.957 bits per heavy atom. The highest BCUT2D eigenvalue weighted by Gasteiger charge is 2.06. The van der Waals surface area contributed by atoms with E-state index in [1.807, 2.05) is 25.1 Å². The van der Waals surface area contributed by atoms with Crippen LogP contribution in [-0.2, 0) is 6.54 Å². The van der Waals surface area contributed by atoms with Crippen molar-refractivity contribution in [1.29, 1.82) is 0 Å². The average molecular weight is 323 g/mol. The summed E-state index contributed by atoms with van der Waals surface area (Å²) < 4.78 is 11.1. The van der Waals surface area contributed by atoms with Crippen molar-refractivity contribution < 1.29 is 14.6 Å². The summed E-state index contributed by atoms with van der Waals surface area (Å²) in [5, 5.41) is 12.4. The highest BCUT2D eigenvalue weighted by molar-refractivity contribution is 5.43. The summed E-state index contributed by atoms with van der Waals surface area (Å²) in [5.74, 6) is 1.44. The first-order valence-electron chi connectivity index (χ1n) is 9.01. The van der Waals surface area contributed by atoms with E-state index in [0.29, 0.717) is 12.4 Å². The van der Waals surface area contributed by atoms with E-state index in [4.69, 9.17) is 14.6 Å². The second-order valence-corrected chi connectivity index (χ2v) is 5.73. The molecule has 0 saturated carbocycles. The van der Waals surface area contributed by atoms with Gasteiger partial charge in [-0.25, -0.2) is 0 Å². The lowest BCUT2D eigenvalue weighted by atomic mass is 10.1. The lowest BCUT2D eigenvalue weighted by molar-refractivity contribution is 0.194. The Kier molecular flexibility index (Phi) is 11.4. The van der Waals surface area contributed by atoms with Crippen molar-refractivity contribution in [2.45, 2.75) is 58.9 Å². The van der Waals surface area contributed by atoms with Gasteiger partial charge in [0.05, 0.1) is 13.2 Å². The minimum atomic E-state index is 0.00707. The van der Waals surface area contributed by atoms with Gasteiger partial charge in [-0.3, -0.25) is 0 Å². The molecule has 1 aromatic carbocycles. The molecule has 0 aliphatic carbocycles. The number of nitrogens with one attached hydrogen (secondary N) is 1. The van der Waals surface area contributed by atoms with Crippen LogP contribution in [0, 0.1) is 0 Å². The highest BCUT2D eigenvalue weighted by atomic mass is 16.5. The molecule has 0 unspecified atom stereocenters. The van der Waals surface area contributed by atoms with E-state index < -0.39 is 0 Å². The fraction of sp³-hybridized carbons (Fsp3) is 0.684. The molecule has 0 bridgehead atoms. The molecular weight excluding hydrogens is 290 g/mol. The van der Waals surface area contributed by atoms with Gasteiger partial charge in [0.25, 0.3) is 0 Å². The molecule has 0 aliphatic rings. The zero-order valence-electron chi connectivity index (χ0n) is 14.8. The Morgan fingerprint density at radius 3 is 2.48 bits per heavy atom. The summed E-state index contributed by atoms with van der Waals surface area (Å²) in [6, 6.07) is 5.98. The number of ether oxygens (including phenoxy) is 2. The van der Waals surface area contributed by atoms with Crippen molar-refractivity contribution in [3.63, 3.8) is 0 Å². The molecule has 4 heteroatoms. The molecule has 0 aliphatic heterocycles. The predicted molar refractivity (Wildman–Crippen MR) is 95.3 cm³/mol. The lowest BCUT2D eigenvalue weighted by Gasteiger charge is -2.13. The molecular formula is C19H33NO3. The predicted octanol–water partition coefficient (Wildman–Crippen LogP) is 3.91. The summed E-state index contributed by atoms with van der Waals surface area (Å²) in [4.78, 5) is 0. The van der Waals surface area contributed by atoms with E-state index >= 15 is 0 Å². The first kappa shape index (κ1) is 19.8. The normalized spacial score (nSPS) is 10.7. The molecule has 0 fully saturated rings. The number of aliphatic hydroxyl groups is 1. The van der Waals surface area contributed by atoms with Crippen LogP contribution in [0.2, 0.25) is 0 Å². The number of hydrogen-bond acceptors (Lipinski definition) is 4. The average Bonchev–Trinajstić information content (AvgIpc) is 2.57. The number of benzene rings is 1. The van der Waals surface area contributed by atoms with Crippen LogP contribution in [0.4, 0.5) is 0 Å². The van der Waals surface area contributed by atoms with E-state index in [9.17, 15) is 0 Å². The van der Waals surface area contributed by atoms with Crippen molar-refractivity contribution in [3.8, 4) is 11.5 Å². The van der Waals surface area contributed by atoms with E-state index in [-0.39, 0.29) is 13.2 Å². The van der Waals surface area contributed by atoms with Crippen LogP contribution >= 0.6 is 0 Å². The third kappa shape index (κ3) is 8.82. The summed E-state index contributed by atoms with van der Waals surface area (Å²) in [6.07, 6.45) is 7.92. The Labute approximate surface area is 141 Å². The Morgan fingerprint density at radius 2 is 1.74 bits per heavy atom. The lowest BCUT2D eigenvalue weighted by Crippen LogP contribution is -2.15. The zero-order chi connectivity index (χ0) is 16.8. The third-order valence-corrected chi connectivity index (χ3v) is 3.69. The van der Waals surface area contributed by atoms with Gasteiger partial charge >= 0.3 is 0 Å². The topological polar surface area (TPSA) is 50.7 Å². The summed E-state index contributed by atoms with van der Waals surface area (Å²) >= 11 is 0. The van der Waals surface area contributed by atoms with Crippen LogP contribution in [-0.4, -0.2) is 31.5 Å². The molecule has 0 atom stereocenters. The third-order valence-electron chi connectivity index (χ3n) is 3.69. The molecule has 1 aromatic rings. The molecule has 23 heavy (non-hydrogen) atoms. The first-order chi connectivity index (χ1) is 11.3. The van der Waals surface area contributed by atoms with E-state index in [2.05, 4.69) is 12.2 Å². The van der Waals surface area contributed by atoms with Gasteiger partial charge in [0, 0.05) is 6.54 Å². The van der Waals surface area contributed by atoms with Crippen LogP contribution in [0.3, 0.4) is 0 Å². The molecule has 132 valence electrons. The standard InChI is InChI=1S/C19H33NO3/c1-3-5-6-7-8-9-12-20-16-17-10-11-18(23-14-13-21)19(15-17)22-4-2/h10-11,15,20-21H,3-9,12-14,16H2,1-2H3. The first-order valence-corrected chi connectivity index (χ1v) is 9.01. The largest absolute Gasteiger partial charge is 0.490 e. The summed E-state index contributed by atoms with van der Waals surface area (Å²) in [6.45, 7) is 7.00. The van der Waals surface area contributed by atoms with Crippen molar-refractivity contribution in [2.75, 3.05) is 26.4 Å². The SMILES string of the molecule is CCCCCCCCNCc1ccc(OCCO)c(OCC)c1. The van der Waals surface area contributed by atoms with E-state index in [1.165, 1.54) is 44.1 Å². The van der Waals surface area contributed by atoms with Gasteiger partial charge in [-0.15, -0.1) is 0 Å². The minimum Gasteiger partial charge on any atom is -0.490 e. The maximum absolute atomic E-state index is 8.86. The fourth-order valence-corrected chi connectivity index (χ4v) is 2.47. The summed E-state index contributed by atoms with van der Waals surface area (Å²) in [7, 11) is 0. The molecule has 0 radical (unpaired) electrons. The quantitative estimate of drug-likeness (QED) is 0.510. The van der Waals surface area contributed by atoms with Gasteiger partial charge < -0.3 is 19.9 Å². The number of rotatable bonds is 14. The maximum Gasteiger partial charge on any atom is 0.161 e. The second-order valence-electron chi connectivity index (χ2n) is 5.73. The molecule has 4 nitrogen and oxygen atoms in total. The number of unbranched alkanes of at least 4 members (excludes halogenated alkanes) is 5. The maximum atomic E-state index is 8.86. The smallest absolute Gasteiger partial charge is 0.161 e. The van der Waals surface area contributed by atoms with Crippen LogP contribution in [0.25, 0.3) is 0 Å². The van der Waals surface area contributed by atoms with Crippen LogP contribution in [0.5, 0.6) is 11.5 Å². The van der Waals surface area contributed by atoms with Gasteiger partial charge in [0.15, 0.2) is 11.5 Å². The highest BCUT2D eigenvalue weighted by Crippen LogP contribution is 2.28. The fourth-order valence-electron chi connectivity index (χ4n) is 2.47. The van der Waals surface area contributed by atoms with Crippen molar-refractivity contribution >= 4 is 0 Å². The molecule has 1 rings (SSSR count). The zero-order valence-corrected chi connectivity index (χ0v) is 14.8. The Balaban J connectivity index is 2.31. The van der Waals surface area contributed by atoms with E-state index in [0.717, 1.165) is 18.8 Å². The molecule has 0 spiro atoms. The van der Waals surface area contributed by atoms with Gasteiger partial charge in [0.2, 0.25) is 0 Å². The molecule has 2 N–H and O–H groups in total. The number of aliphatic hydroxyl groups excluding tert-OH is 1. The molecule has 0 amide bonds. The van der Waals surface area contributed by atoms with Gasteiger partial charge in [-0.1, -0.05) is 45.1 Å². The van der Waals surface area contributed by atoms with Crippen molar-refractivity contribution in [3.05, 3.63) is 23.8 Å². The minimum absolute atomic E-state index is 0.00707. The Hall–Kier alpha value is -1.26. The monoisotopic (exact) mass is 323 g/mol. The molecule has 0 saturated heterocycles. The summed E-state index contributed by atoms with van der Waals surface area (Å²) in [5.41, 5.74) is 1.19. The second kappa shape index (κ2) is 13.2. The van der Waals surface area contributed by atoms with Crippen molar-refractivity contribution in [1.82, 2.24) is 5.32 Å². The van der Waals surface area contributed by atoms with Crippen LogP contribution < -0.4 is 14.8 Å². The van der Waals surface area contributed by atoms with Gasteiger partial charge in [-0.05, 0) is 37.6 Å². The molecule has 0 aromatic heterocycles.